The molecule has 5 nitrogen and oxygen atoms in total. The number of carbonyl (C=O) groups is 1. The number of rotatable bonds is 10. The van der Waals surface area contributed by atoms with E-state index < -0.39 is 18.2 Å². The van der Waals surface area contributed by atoms with Crippen LogP contribution in [-0.4, -0.2) is 36.2 Å². The summed E-state index contributed by atoms with van der Waals surface area (Å²) in [4.78, 5) is 12.0. The lowest BCUT2D eigenvalue weighted by atomic mass is 10.0. The highest BCUT2D eigenvalue weighted by Crippen LogP contribution is 2.40. The largest absolute Gasteiger partial charge is 0.469 e. The minimum Gasteiger partial charge on any atom is -0.469 e. The summed E-state index contributed by atoms with van der Waals surface area (Å²) in [5, 5.41) is 0. The second kappa shape index (κ2) is 11.8. The molecule has 7 heteroatoms. The molecule has 0 aliphatic heterocycles. The summed E-state index contributed by atoms with van der Waals surface area (Å²) >= 11 is 0. The first-order chi connectivity index (χ1) is 14.4. The smallest absolute Gasteiger partial charge is 0.306 e. The Labute approximate surface area is 190 Å². The molecule has 0 amide bonds. The van der Waals surface area contributed by atoms with Gasteiger partial charge in [-0.1, -0.05) is 59.2 Å². The van der Waals surface area contributed by atoms with Crippen LogP contribution in [0.4, 0.5) is 0 Å². The van der Waals surface area contributed by atoms with Gasteiger partial charge < -0.3 is 4.74 Å². The van der Waals surface area contributed by atoms with Crippen molar-refractivity contribution in [2.24, 2.45) is 5.92 Å². The summed E-state index contributed by atoms with van der Waals surface area (Å²) in [6, 6.07) is 6.53. The standard InChI is InChI=1S/C24H38O5SSi/c1-18(2)31(19(3)4,20(5)6)16-14-22(17-24(25)28-8)13-15-29-30(26,27)23-11-9-21(7)10-12-23/h9-12,18-20,22H,13,15,17H2,1-8H3. The monoisotopic (exact) mass is 466 g/mol. The molecule has 0 spiro atoms. The van der Waals surface area contributed by atoms with Crippen LogP contribution in [0.5, 0.6) is 0 Å². The molecule has 0 heterocycles. The van der Waals surface area contributed by atoms with Crippen molar-refractivity contribution in [3.63, 3.8) is 0 Å². The van der Waals surface area contributed by atoms with E-state index in [1.165, 1.54) is 19.2 Å². The third-order valence-electron chi connectivity index (χ3n) is 6.01. The average molecular weight is 467 g/mol. The second-order valence-electron chi connectivity index (χ2n) is 9.02. The Morgan fingerprint density at radius 1 is 1.00 bits per heavy atom. The zero-order valence-electron chi connectivity index (χ0n) is 20.2. The van der Waals surface area contributed by atoms with Crippen LogP contribution in [0, 0.1) is 24.3 Å². The van der Waals surface area contributed by atoms with E-state index in [0.717, 1.165) is 5.56 Å². The SMILES string of the molecule is COC(=O)CC(C#C[Si](C(C)C)(C(C)C)C(C)C)CCOS(=O)(=O)c1ccc(C)cc1. The van der Waals surface area contributed by atoms with Crippen molar-refractivity contribution in [1.29, 1.82) is 0 Å². The summed E-state index contributed by atoms with van der Waals surface area (Å²) < 4.78 is 35.0. The van der Waals surface area contributed by atoms with Gasteiger partial charge in [0.15, 0.2) is 0 Å². The van der Waals surface area contributed by atoms with Gasteiger partial charge in [-0.25, -0.2) is 0 Å². The third-order valence-corrected chi connectivity index (χ3v) is 13.6. The number of carbonyl (C=O) groups excluding carboxylic acids is 1. The fraction of sp³-hybridized carbons (Fsp3) is 0.625. The molecule has 0 aromatic heterocycles. The molecule has 0 radical (unpaired) electrons. The van der Waals surface area contributed by atoms with Crippen molar-refractivity contribution < 1.29 is 22.1 Å². The van der Waals surface area contributed by atoms with E-state index in [1.54, 1.807) is 12.1 Å². The van der Waals surface area contributed by atoms with Crippen LogP contribution in [-0.2, 0) is 23.8 Å². The van der Waals surface area contributed by atoms with Crippen LogP contribution < -0.4 is 0 Å². The minimum absolute atomic E-state index is 0.0356. The Morgan fingerprint density at radius 2 is 1.52 bits per heavy atom. The van der Waals surface area contributed by atoms with Crippen LogP contribution in [0.3, 0.4) is 0 Å². The van der Waals surface area contributed by atoms with Crippen LogP contribution >= 0.6 is 0 Å². The maximum absolute atomic E-state index is 12.4. The van der Waals surface area contributed by atoms with E-state index in [4.69, 9.17) is 8.92 Å². The molecular formula is C24H38O5SSi. The fourth-order valence-corrected chi connectivity index (χ4v) is 10.5. The van der Waals surface area contributed by atoms with Gasteiger partial charge >= 0.3 is 5.97 Å². The molecule has 0 saturated carbocycles. The van der Waals surface area contributed by atoms with Crippen LogP contribution in [0.25, 0.3) is 0 Å². The summed E-state index contributed by atoms with van der Waals surface area (Å²) in [6.45, 7) is 15.2. The second-order valence-corrected chi connectivity index (χ2v) is 16.2. The van der Waals surface area contributed by atoms with Gasteiger partial charge in [0, 0.05) is 5.92 Å². The molecule has 1 unspecified atom stereocenters. The minimum atomic E-state index is -3.85. The van der Waals surface area contributed by atoms with Gasteiger partial charge in [-0.2, -0.15) is 8.42 Å². The number of hydrogen-bond donors (Lipinski definition) is 0. The van der Waals surface area contributed by atoms with Crippen molar-refractivity contribution in [1.82, 2.24) is 0 Å². The van der Waals surface area contributed by atoms with Gasteiger partial charge in [0.2, 0.25) is 0 Å². The molecule has 174 valence electrons. The lowest BCUT2D eigenvalue weighted by Gasteiger charge is -2.38. The molecule has 0 saturated heterocycles. The Balaban J connectivity index is 3.04. The number of ether oxygens (including phenoxy) is 1. The molecule has 31 heavy (non-hydrogen) atoms. The Morgan fingerprint density at radius 3 is 1.97 bits per heavy atom. The maximum atomic E-state index is 12.4. The first-order valence-corrected chi connectivity index (χ1v) is 14.6. The van der Waals surface area contributed by atoms with E-state index in [0.29, 0.717) is 23.0 Å². The summed E-state index contributed by atoms with van der Waals surface area (Å²) in [5.41, 5.74) is 6.00. The average Bonchev–Trinajstić information content (AvgIpc) is 2.67. The zero-order chi connectivity index (χ0) is 23.8. The van der Waals surface area contributed by atoms with Gasteiger partial charge in [0.05, 0.1) is 25.0 Å². The van der Waals surface area contributed by atoms with Gasteiger partial charge in [0.25, 0.3) is 10.1 Å². The molecule has 1 atom stereocenters. The molecular weight excluding hydrogens is 428 g/mol. The quantitative estimate of drug-likeness (QED) is 0.197. The van der Waals surface area contributed by atoms with Crippen LogP contribution in [0.1, 0.15) is 59.9 Å². The van der Waals surface area contributed by atoms with Crippen molar-refractivity contribution in [2.45, 2.75) is 82.8 Å². The summed E-state index contributed by atoms with van der Waals surface area (Å²) in [6.07, 6.45) is 0.460. The number of benzene rings is 1. The fourth-order valence-electron chi connectivity index (χ4n) is 4.24. The molecule has 1 aromatic rings. The van der Waals surface area contributed by atoms with Gasteiger partial charge in [-0.3, -0.25) is 8.98 Å². The summed E-state index contributed by atoms with van der Waals surface area (Å²) in [7, 11) is -4.46. The normalized spacial score (nSPS) is 13.3. The lowest BCUT2D eigenvalue weighted by molar-refractivity contribution is -0.141. The van der Waals surface area contributed by atoms with Crippen molar-refractivity contribution >= 4 is 24.2 Å². The Kier molecular flexibility index (Phi) is 10.5. The summed E-state index contributed by atoms with van der Waals surface area (Å²) in [5.74, 6) is 2.67. The maximum Gasteiger partial charge on any atom is 0.306 e. The molecule has 0 aliphatic rings. The van der Waals surface area contributed by atoms with E-state index in [2.05, 4.69) is 53.0 Å². The number of methoxy groups -OCH3 is 1. The van der Waals surface area contributed by atoms with E-state index in [9.17, 15) is 13.2 Å². The first-order valence-electron chi connectivity index (χ1n) is 10.9. The van der Waals surface area contributed by atoms with Crippen molar-refractivity contribution in [3.8, 4) is 11.5 Å². The van der Waals surface area contributed by atoms with Gasteiger partial charge in [-0.15, -0.1) is 11.5 Å². The van der Waals surface area contributed by atoms with E-state index in [-0.39, 0.29) is 29.8 Å². The third kappa shape index (κ3) is 7.48. The molecule has 0 bridgehead atoms. The number of aryl methyl sites for hydroxylation is 1. The van der Waals surface area contributed by atoms with Crippen LogP contribution in [0.2, 0.25) is 16.6 Å². The number of hydrogen-bond acceptors (Lipinski definition) is 5. The molecule has 1 aromatic carbocycles. The van der Waals surface area contributed by atoms with E-state index in [1.807, 2.05) is 6.92 Å². The van der Waals surface area contributed by atoms with Crippen molar-refractivity contribution in [2.75, 3.05) is 13.7 Å². The predicted octanol–water partition coefficient (Wildman–Crippen LogP) is 5.49. The highest BCUT2D eigenvalue weighted by atomic mass is 32.2. The highest BCUT2D eigenvalue weighted by Gasteiger charge is 2.41. The topological polar surface area (TPSA) is 69.7 Å². The van der Waals surface area contributed by atoms with Crippen LogP contribution in [0.15, 0.2) is 29.2 Å². The Bertz CT molecular complexity index is 855. The highest BCUT2D eigenvalue weighted by molar-refractivity contribution is 7.86. The molecule has 0 fully saturated rings. The van der Waals surface area contributed by atoms with Crippen molar-refractivity contribution in [3.05, 3.63) is 29.8 Å². The molecule has 0 aliphatic carbocycles. The Hall–Kier alpha value is -1.62. The van der Waals surface area contributed by atoms with Gasteiger partial charge in [-0.05, 0) is 42.1 Å². The zero-order valence-corrected chi connectivity index (χ0v) is 22.0. The lowest BCUT2D eigenvalue weighted by Crippen LogP contribution is -2.43. The predicted molar refractivity (Wildman–Crippen MR) is 128 cm³/mol. The van der Waals surface area contributed by atoms with E-state index >= 15 is 0 Å². The molecule has 1 rings (SSSR count). The number of esters is 1. The first kappa shape index (κ1) is 27.4. The van der Waals surface area contributed by atoms with Gasteiger partial charge in [0.1, 0.15) is 8.07 Å². The molecule has 0 N–H and O–H groups in total.